The number of ether oxygens (including phenoxy) is 1. The number of furan rings is 1. The van der Waals surface area contributed by atoms with Crippen molar-refractivity contribution in [3.05, 3.63) is 90.1 Å². The van der Waals surface area contributed by atoms with Crippen molar-refractivity contribution in [2.24, 2.45) is 7.05 Å². The quantitative estimate of drug-likeness (QED) is 0.383. The summed E-state index contributed by atoms with van der Waals surface area (Å²) < 4.78 is 17.5. The molecule has 0 atom stereocenters. The molecule has 9 nitrogen and oxygen atoms in total. The third-order valence-electron chi connectivity index (χ3n) is 5.29. The third-order valence-corrected chi connectivity index (χ3v) is 5.29. The minimum Gasteiger partial charge on any atom is -0.497 e. The Balaban J connectivity index is 1.35. The largest absolute Gasteiger partial charge is 0.497 e. The van der Waals surface area contributed by atoms with Crippen molar-refractivity contribution in [3.8, 4) is 28.6 Å². The number of nitrogens with one attached hydrogen (secondary N) is 1. The number of benzene rings is 2. The summed E-state index contributed by atoms with van der Waals surface area (Å²) in [5.41, 5.74) is 3.44. The Kier molecular flexibility index (Phi) is 5.65. The average Bonchev–Trinajstić information content (AvgIpc) is 3.61. The van der Waals surface area contributed by atoms with Gasteiger partial charge in [-0.15, -0.1) is 0 Å². The van der Waals surface area contributed by atoms with Crippen LogP contribution in [0.4, 0.5) is 5.69 Å². The molecule has 5 aromatic rings. The molecule has 5 rings (SSSR count). The highest BCUT2D eigenvalue weighted by atomic mass is 16.5. The highest BCUT2D eigenvalue weighted by Gasteiger charge is 2.18. The standard InChI is InChI=1S/C25H21N5O4/c1-30-21(15-20(28-30)16-8-5-9-18(13-16)32-2)25(31)26-19-10-4-3-7-17(19)14-23-27-24(29-34-23)22-11-6-12-33-22/h3-13,15H,14H2,1-2H3,(H,26,31). The van der Waals surface area contributed by atoms with E-state index in [9.17, 15) is 4.79 Å². The summed E-state index contributed by atoms with van der Waals surface area (Å²) in [5.74, 6) is 1.76. The number of hydrogen-bond acceptors (Lipinski definition) is 7. The Morgan fingerprint density at radius 2 is 1.97 bits per heavy atom. The molecule has 34 heavy (non-hydrogen) atoms. The third kappa shape index (κ3) is 4.31. The molecule has 0 aliphatic rings. The molecule has 0 fully saturated rings. The number of aromatic nitrogens is 4. The van der Waals surface area contributed by atoms with Gasteiger partial charge in [0, 0.05) is 18.3 Å². The van der Waals surface area contributed by atoms with E-state index in [1.165, 1.54) is 0 Å². The lowest BCUT2D eigenvalue weighted by Gasteiger charge is -2.09. The average molecular weight is 455 g/mol. The van der Waals surface area contributed by atoms with Gasteiger partial charge in [-0.25, -0.2) is 0 Å². The zero-order valence-electron chi connectivity index (χ0n) is 18.6. The summed E-state index contributed by atoms with van der Waals surface area (Å²) in [7, 11) is 3.35. The SMILES string of the molecule is COc1cccc(-c2cc(C(=O)Nc3ccccc3Cc3nc(-c4ccco4)no3)n(C)n2)c1. The number of anilines is 1. The van der Waals surface area contributed by atoms with Crippen LogP contribution in [-0.2, 0) is 13.5 Å². The fraction of sp³-hybridized carbons (Fsp3) is 0.120. The molecule has 0 radical (unpaired) electrons. The van der Waals surface area contributed by atoms with Crippen molar-refractivity contribution in [2.75, 3.05) is 12.4 Å². The van der Waals surface area contributed by atoms with E-state index in [1.807, 2.05) is 48.5 Å². The molecule has 1 N–H and O–H groups in total. The number of para-hydroxylation sites is 1. The normalized spacial score (nSPS) is 10.9. The van der Waals surface area contributed by atoms with Gasteiger partial charge in [0.25, 0.3) is 5.91 Å². The summed E-state index contributed by atoms with van der Waals surface area (Å²) in [5, 5.41) is 11.4. The molecule has 1 amide bonds. The van der Waals surface area contributed by atoms with E-state index >= 15 is 0 Å². The topological polar surface area (TPSA) is 108 Å². The number of rotatable bonds is 7. The smallest absolute Gasteiger partial charge is 0.273 e. The Morgan fingerprint density at radius 3 is 2.79 bits per heavy atom. The first-order valence-electron chi connectivity index (χ1n) is 10.5. The minimum atomic E-state index is -0.279. The van der Waals surface area contributed by atoms with Crippen LogP contribution in [0.2, 0.25) is 0 Å². The Hall–Kier alpha value is -4.66. The molecule has 170 valence electrons. The van der Waals surface area contributed by atoms with Crippen LogP contribution >= 0.6 is 0 Å². The summed E-state index contributed by atoms with van der Waals surface area (Å²) in [4.78, 5) is 17.5. The first-order chi connectivity index (χ1) is 16.6. The maximum Gasteiger partial charge on any atom is 0.273 e. The van der Waals surface area contributed by atoms with Crippen LogP contribution in [0, 0.1) is 0 Å². The number of amides is 1. The highest BCUT2D eigenvalue weighted by molar-refractivity contribution is 6.04. The number of nitrogens with zero attached hydrogens (tertiary/aromatic N) is 4. The fourth-order valence-corrected chi connectivity index (χ4v) is 3.58. The van der Waals surface area contributed by atoms with E-state index in [-0.39, 0.29) is 5.91 Å². The lowest BCUT2D eigenvalue weighted by molar-refractivity contribution is 0.101. The van der Waals surface area contributed by atoms with Gasteiger partial charge in [-0.3, -0.25) is 9.48 Å². The first kappa shape index (κ1) is 21.2. The van der Waals surface area contributed by atoms with Gasteiger partial charge in [-0.05, 0) is 42.0 Å². The van der Waals surface area contributed by atoms with Crippen molar-refractivity contribution in [3.63, 3.8) is 0 Å². The molecule has 9 heteroatoms. The maximum atomic E-state index is 13.1. The number of carbonyl (C=O) groups excluding carboxylic acids is 1. The molecular weight excluding hydrogens is 434 g/mol. The number of hydrogen-bond donors (Lipinski definition) is 1. The van der Waals surface area contributed by atoms with Crippen molar-refractivity contribution in [2.45, 2.75) is 6.42 Å². The van der Waals surface area contributed by atoms with E-state index in [0.717, 1.165) is 16.9 Å². The molecule has 0 saturated carbocycles. The second-order valence-corrected chi connectivity index (χ2v) is 7.55. The van der Waals surface area contributed by atoms with Crippen LogP contribution in [0.25, 0.3) is 22.8 Å². The first-order valence-corrected chi connectivity index (χ1v) is 10.5. The summed E-state index contributed by atoms with van der Waals surface area (Å²) in [6.07, 6.45) is 1.90. The van der Waals surface area contributed by atoms with Crippen molar-refractivity contribution in [1.82, 2.24) is 19.9 Å². The molecule has 2 aromatic carbocycles. The van der Waals surface area contributed by atoms with Gasteiger partial charge in [0.2, 0.25) is 11.7 Å². The van der Waals surface area contributed by atoms with Gasteiger partial charge in [0.15, 0.2) is 5.76 Å². The molecule has 0 aliphatic heterocycles. The number of methoxy groups -OCH3 is 1. The molecule has 0 bridgehead atoms. The highest BCUT2D eigenvalue weighted by Crippen LogP contribution is 2.25. The van der Waals surface area contributed by atoms with Crippen LogP contribution in [0.15, 0.2) is 81.9 Å². The predicted octanol–water partition coefficient (Wildman–Crippen LogP) is 4.58. The van der Waals surface area contributed by atoms with Crippen LogP contribution in [0.1, 0.15) is 21.9 Å². The molecular formula is C25H21N5O4. The zero-order chi connectivity index (χ0) is 23.5. The molecule has 0 spiro atoms. The fourth-order valence-electron chi connectivity index (χ4n) is 3.58. The molecule has 3 heterocycles. The Labute approximate surface area is 195 Å². The van der Waals surface area contributed by atoms with Crippen molar-refractivity contribution < 1.29 is 18.5 Å². The van der Waals surface area contributed by atoms with Gasteiger partial charge >= 0.3 is 0 Å². The second-order valence-electron chi connectivity index (χ2n) is 7.55. The molecule has 3 aromatic heterocycles. The van der Waals surface area contributed by atoms with Gasteiger partial charge in [0.05, 0.1) is 25.5 Å². The molecule has 0 unspecified atom stereocenters. The van der Waals surface area contributed by atoms with E-state index in [2.05, 4.69) is 20.6 Å². The molecule has 0 aliphatic carbocycles. The lowest BCUT2D eigenvalue weighted by atomic mass is 10.1. The number of carbonyl (C=O) groups is 1. The van der Waals surface area contributed by atoms with Crippen molar-refractivity contribution in [1.29, 1.82) is 0 Å². The summed E-state index contributed by atoms with van der Waals surface area (Å²) in [6, 6.07) is 20.3. The van der Waals surface area contributed by atoms with E-state index in [4.69, 9.17) is 13.7 Å². The molecule has 0 saturated heterocycles. The van der Waals surface area contributed by atoms with Crippen LogP contribution in [-0.4, -0.2) is 32.9 Å². The van der Waals surface area contributed by atoms with Gasteiger partial charge < -0.3 is 19.0 Å². The monoisotopic (exact) mass is 455 g/mol. The van der Waals surface area contributed by atoms with Crippen molar-refractivity contribution >= 4 is 11.6 Å². The summed E-state index contributed by atoms with van der Waals surface area (Å²) >= 11 is 0. The zero-order valence-corrected chi connectivity index (χ0v) is 18.6. The van der Waals surface area contributed by atoms with Crippen LogP contribution in [0.5, 0.6) is 5.75 Å². The van der Waals surface area contributed by atoms with Gasteiger partial charge in [-0.1, -0.05) is 35.5 Å². The van der Waals surface area contributed by atoms with Gasteiger partial charge in [-0.2, -0.15) is 10.1 Å². The van der Waals surface area contributed by atoms with Crippen LogP contribution in [0.3, 0.4) is 0 Å². The van der Waals surface area contributed by atoms with E-state index in [1.54, 1.807) is 43.3 Å². The van der Waals surface area contributed by atoms with E-state index in [0.29, 0.717) is 41.0 Å². The Bertz CT molecular complexity index is 1440. The minimum absolute atomic E-state index is 0.279. The van der Waals surface area contributed by atoms with Crippen LogP contribution < -0.4 is 10.1 Å². The van der Waals surface area contributed by atoms with E-state index < -0.39 is 0 Å². The maximum absolute atomic E-state index is 13.1. The predicted molar refractivity (Wildman–Crippen MR) is 124 cm³/mol. The number of aryl methyl sites for hydroxylation is 1. The van der Waals surface area contributed by atoms with Gasteiger partial charge in [0.1, 0.15) is 11.4 Å². The summed E-state index contributed by atoms with van der Waals surface area (Å²) in [6.45, 7) is 0. The second kappa shape index (κ2) is 9.07. The lowest BCUT2D eigenvalue weighted by Crippen LogP contribution is -2.17. The Morgan fingerprint density at radius 1 is 1.09 bits per heavy atom.